The van der Waals surface area contributed by atoms with E-state index in [-0.39, 0.29) is 50.4 Å². The molecule has 10 heteroatoms. The number of tetrazole rings is 1. The van der Waals surface area contributed by atoms with Gasteiger partial charge in [0, 0.05) is 18.5 Å². The maximum atomic E-state index is 14.1. The summed E-state index contributed by atoms with van der Waals surface area (Å²) in [5.41, 5.74) is 0.952. The zero-order chi connectivity index (χ0) is 24.1. The summed E-state index contributed by atoms with van der Waals surface area (Å²) in [7, 11) is 0. The Morgan fingerprint density at radius 3 is 2.44 bits per heavy atom. The van der Waals surface area contributed by atoms with Crippen LogP contribution in [0.1, 0.15) is 30.4 Å². The standard InChI is InChI=1S/C24H23F3N6O/c1-28-21-14-18(4-7-20(21)25)8-9-24(23(26)27)10-12-32(13-11-24)22(34)15-17-2-5-19(6-3-17)33-16-29-30-31-33/h2-7,14,16,23H,8-13,15H2. The monoisotopic (exact) mass is 468 g/mol. The summed E-state index contributed by atoms with van der Waals surface area (Å²) >= 11 is 0. The van der Waals surface area contributed by atoms with Crippen LogP contribution >= 0.6 is 0 Å². The molecule has 0 spiro atoms. The predicted molar refractivity (Wildman–Crippen MR) is 118 cm³/mol. The molecule has 34 heavy (non-hydrogen) atoms. The maximum Gasteiger partial charge on any atom is 0.244 e. The minimum absolute atomic E-state index is 0.0988. The van der Waals surface area contributed by atoms with E-state index in [1.54, 1.807) is 4.90 Å². The molecule has 1 aromatic heterocycles. The van der Waals surface area contributed by atoms with E-state index in [1.165, 1.54) is 29.2 Å². The highest BCUT2D eigenvalue weighted by molar-refractivity contribution is 5.79. The Morgan fingerprint density at radius 1 is 1.12 bits per heavy atom. The van der Waals surface area contributed by atoms with Crippen molar-refractivity contribution in [3.63, 3.8) is 0 Å². The van der Waals surface area contributed by atoms with Gasteiger partial charge in [0.15, 0.2) is 0 Å². The fourth-order valence-electron chi connectivity index (χ4n) is 4.30. The molecule has 0 saturated carbocycles. The van der Waals surface area contributed by atoms with E-state index in [4.69, 9.17) is 6.57 Å². The fraction of sp³-hybridized carbons (Fsp3) is 0.375. The molecule has 1 saturated heterocycles. The van der Waals surface area contributed by atoms with Gasteiger partial charge in [-0.1, -0.05) is 29.8 Å². The molecule has 1 aliphatic heterocycles. The molecule has 4 rings (SSSR count). The number of hydrogen-bond donors (Lipinski definition) is 0. The van der Waals surface area contributed by atoms with Crippen LogP contribution in [-0.4, -0.2) is 50.5 Å². The number of aryl methyl sites for hydroxylation is 1. The first-order valence-corrected chi connectivity index (χ1v) is 10.9. The Hall–Kier alpha value is -3.74. The fourth-order valence-corrected chi connectivity index (χ4v) is 4.30. The summed E-state index contributed by atoms with van der Waals surface area (Å²) in [6, 6.07) is 11.4. The third kappa shape index (κ3) is 5.09. The lowest BCUT2D eigenvalue weighted by molar-refractivity contribution is -0.135. The van der Waals surface area contributed by atoms with Crippen LogP contribution < -0.4 is 0 Å². The van der Waals surface area contributed by atoms with E-state index in [0.717, 1.165) is 11.3 Å². The first kappa shape index (κ1) is 23.4. The number of carbonyl (C=O) groups is 1. The number of aromatic nitrogens is 4. The van der Waals surface area contributed by atoms with Crippen LogP contribution in [-0.2, 0) is 17.6 Å². The average Bonchev–Trinajstić information content (AvgIpc) is 3.39. The second-order valence-electron chi connectivity index (χ2n) is 8.54. The van der Waals surface area contributed by atoms with E-state index in [2.05, 4.69) is 20.4 Å². The Bertz CT molecular complexity index is 1170. The van der Waals surface area contributed by atoms with Gasteiger partial charge in [-0.3, -0.25) is 4.79 Å². The summed E-state index contributed by atoms with van der Waals surface area (Å²) in [6.07, 6.45) is 0.0830. The quantitative estimate of drug-likeness (QED) is 0.482. The second-order valence-corrected chi connectivity index (χ2v) is 8.54. The lowest BCUT2D eigenvalue weighted by Gasteiger charge is -2.41. The number of nitrogens with zero attached hydrogens (tertiary/aromatic N) is 6. The zero-order valence-corrected chi connectivity index (χ0v) is 18.4. The highest BCUT2D eigenvalue weighted by Crippen LogP contribution is 2.42. The minimum Gasteiger partial charge on any atom is -0.342 e. The van der Waals surface area contributed by atoms with Crippen molar-refractivity contribution in [3.05, 3.63) is 77.2 Å². The molecule has 0 N–H and O–H groups in total. The van der Waals surface area contributed by atoms with Gasteiger partial charge in [0.1, 0.15) is 12.1 Å². The summed E-state index contributed by atoms with van der Waals surface area (Å²) < 4.78 is 43.2. The average molecular weight is 468 g/mol. The van der Waals surface area contributed by atoms with Crippen molar-refractivity contribution >= 4 is 11.6 Å². The van der Waals surface area contributed by atoms with E-state index in [9.17, 15) is 18.0 Å². The van der Waals surface area contributed by atoms with E-state index >= 15 is 0 Å². The molecule has 3 aromatic rings. The van der Waals surface area contributed by atoms with Crippen LogP contribution in [0, 0.1) is 17.8 Å². The Kier molecular flexibility index (Phi) is 6.91. The van der Waals surface area contributed by atoms with Gasteiger partial charge < -0.3 is 4.90 Å². The van der Waals surface area contributed by atoms with Gasteiger partial charge in [-0.15, -0.1) is 5.10 Å². The zero-order valence-electron chi connectivity index (χ0n) is 18.4. The highest BCUT2D eigenvalue weighted by Gasteiger charge is 2.43. The number of benzene rings is 2. The van der Waals surface area contributed by atoms with Crippen LogP contribution in [0.15, 0.2) is 48.8 Å². The molecule has 2 heterocycles. The summed E-state index contributed by atoms with van der Waals surface area (Å²) in [5.74, 6) is -0.711. The predicted octanol–water partition coefficient (Wildman–Crippen LogP) is 4.40. The van der Waals surface area contributed by atoms with Gasteiger partial charge in [0.25, 0.3) is 0 Å². The molecule has 0 radical (unpaired) electrons. The van der Waals surface area contributed by atoms with Crippen molar-refractivity contribution in [1.82, 2.24) is 25.1 Å². The van der Waals surface area contributed by atoms with Crippen LogP contribution in [0.4, 0.5) is 18.9 Å². The van der Waals surface area contributed by atoms with Gasteiger partial charge in [-0.05, 0) is 59.9 Å². The Labute approximate surface area is 195 Å². The van der Waals surface area contributed by atoms with Crippen LogP contribution in [0.5, 0.6) is 0 Å². The van der Waals surface area contributed by atoms with Crippen molar-refractivity contribution in [2.75, 3.05) is 13.1 Å². The van der Waals surface area contributed by atoms with Crippen molar-refractivity contribution in [3.8, 4) is 5.69 Å². The molecular formula is C24H23F3N6O. The number of piperidine rings is 1. The van der Waals surface area contributed by atoms with Gasteiger partial charge in [0.05, 0.1) is 18.7 Å². The largest absolute Gasteiger partial charge is 0.342 e. The molecule has 7 nitrogen and oxygen atoms in total. The normalized spacial score (nSPS) is 15.3. The van der Waals surface area contributed by atoms with E-state index in [0.29, 0.717) is 12.0 Å². The molecule has 2 aromatic carbocycles. The Balaban J connectivity index is 1.34. The molecular weight excluding hydrogens is 445 g/mol. The van der Waals surface area contributed by atoms with Crippen LogP contribution in [0.2, 0.25) is 0 Å². The lowest BCUT2D eigenvalue weighted by atomic mass is 9.74. The number of carbonyl (C=O) groups excluding carboxylic acids is 1. The molecule has 1 fully saturated rings. The van der Waals surface area contributed by atoms with Crippen LogP contribution in [0.25, 0.3) is 10.5 Å². The molecule has 0 aliphatic carbocycles. The Morgan fingerprint density at radius 2 is 1.82 bits per heavy atom. The molecule has 0 unspecified atom stereocenters. The number of halogens is 3. The maximum absolute atomic E-state index is 14.1. The highest BCUT2D eigenvalue weighted by atomic mass is 19.3. The smallest absolute Gasteiger partial charge is 0.244 e. The molecule has 0 bridgehead atoms. The third-order valence-electron chi connectivity index (χ3n) is 6.52. The SMILES string of the molecule is [C-]#[N+]c1cc(CCC2(C(F)F)CCN(C(=O)Cc3ccc(-n4cnnn4)cc3)CC2)ccc1F. The first-order valence-electron chi connectivity index (χ1n) is 10.9. The number of hydrogen-bond acceptors (Lipinski definition) is 4. The number of amides is 1. The van der Waals surface area contributed by atoms with Gasteiger partial charge in [0.2, 0.25) is 18.0 Å². The minimum atomic E-state index is -2.52. The number of rotatable bonds is 7. The van der Waals surface area contributed by atoms with Crippen molar-refractivity contribution in [1.29, 1.82) is 0 Å². The van der Waals surface area contributed by atoms with Gasteiger partial charge in [-0.25, -0.2) is 22.7 Å². The van der Waals surface area contributed by atoms with E-state index in [1.807, 2.05) is 24.3 Å². The summed E-state index contributed by atoms with van der Waals surface area (Å²) in [6.45, 7) is 7.55. The second kappa shape index (κ2) is 10.0. The summed E-state index contributed by atoms with van der Waals surface area (Å²) in [5, 5.41) is 11.0. The first-order chi connectivity index (χ1) is 16.4. The third-order valence-corrected chi connectivity index (χ3v) is 6.52. The summed E-state index contributed by atoms with van der Waals surface area (Å²) in [4.78, 5) is 17.6. The topological polar surface area (TPSA) is 68.3 Å². The van der Waals surface area contributed by atoms with Gasteiger partial charge in [-0.2, -0.15) is 0 Å². The molecule has 0 atom stereocenters. The molecule has 1 aliphatic rings. The van der Waals surface area contributed by atoms with E-state index < -0.39 is 17.7 Å². The number of likely N-dealkylation sites (tertiary alicyclic amines) is 1. The molecule has 176 valence electrons. The van der Waals surface area contributed by atoms with Gasteiger partial charge >= 0.3 is 0 Å². The van der Waals surface area contributed by atoms with Crippen molar-refractivity contribution < 1.29 is 18.0 Å². The lowest BCUT2D eigenvalue weighted by Crippen LogP contribution is -2.46. The number of alkyl halides is 2. The van der Waals surface area contributed by atoms with Crippen LogP contribution in [0.3, 0.4) is 0 Å². The molecule has 1 amide bonds. The van der Waals surface area contributed by atoms with Crippen molar-refractivity contribution in [2.45, 2.75) is 38.5 Å². The van der Waals surface area contributed by atoms with Crippen molar-refractivity contribution in [2.24, 2.45) is 5.41 Å².